The van der Waals surface area contributed by atoms with Crippen molar-refractivity contribution >= 4 is 7.98 Å². The van der Waals surface area contributed by atoms with Crippen LogP contribution >= 0.6 is 0 Å². The van der Waals surface area contributed by atoms with Gasteiger partial charge < -0.3 is 0 Å². The van der Waals surface area contributed by atoms with E-state index in [9.17, 15) is 0 Å². The first-order valence-corrected chi connectivity index (χ1v) is 1.64. The Kier molecular flexibility index (Phi) is 2.96. The zero-order chi connectivity index (χ0) is 4.41. The third kappa shape index (κ3) is 1.90. The SMILES string of the molecule is [B+2]n1cccn1.[Ir+3]. The molecule has 0 aliphatic carbocycles. The molecule has 0 aliphatic rings. The molecule has 0 saturated carbocycles. The molecule has 0 spiro atoms. The van der Waals surface area contributed by atoms with Crippen LogP contribution in [-0.4, -0.2) is 17.7 Å². The number of hydrogen-bond acceptors (Lipinski definition) is 1. The summed E-state index contributed by atoms with van der Waals surface area (Å²) >= 11 is 0. The van der Waals surface area contributed by atoms with Crippen molar-refractivity contribution in [2.45, 2.75) is 0 Å². The van der Waals surface area contributed by atoms with Gasteiger partial charge in [-0.2, -0.15) is 0 Å². The van der Waals surface area contributed by atoms with Gasteiger partial charge in [0.2, 0.25) is 0 Å². The topological polar surface area (TPSA) is 17.8 Å². The molecule has 0 amide bonds. The van der Waals surface area contributed by atoms with Crippen molar-refractivity contribution in [1.29, 1.82) is 0 Å². The molecule has 2 nitrogen and oxygen atoms in total. The van der Waals surface area contributed by atoms with E-state index in [1.807, 2.05) is 0 Å². The van der Waals surface area contributed by atoms with Gasteiger partial charge in [-0.05, 0) is 0 Å². The average Bonchev–Trinajstić information content (AvgIpc) is 1.86. The minimum atomic E-state index is 0. The van der Waals surface area contributed by atoms with Crippen molar-refractivity contribution in [3.8, 4) is 0 Å². The molecule has 4 heteroatoms. The van der Waals surface area contributed by atoms with E-state index in [0.717, 1.165) is 0 Å². The summed E-state index contributed by atoms with van der Waals surface area (Å²) in [6.45, 7) is 0. The molecule has 1 heterocycles. The Hall–Kier alpha value is -0.0757. The van der Waals surface area contributed by atoms with Gasteiger partial charge >= 0.3 is 56.2 Å². The standard InChI is InChI=1S/C3H3BN2.Ir/c4-6-3-1-2-5-6;/h1-3H;/q+2;+3. The van der Waals surface area contributed by atoms with Gasteiger partial charge in [-0.25, -0.2) is 0 Å². The van der Waals surface area contributed by atoms with E-state index < -0.39 is 0 Å². The Balaban J connectivity index is 0.000000360. The first kappa shape index (κ1) is 6.92. The van der Waals surface area contributed by atoms with Crippen molar-refractivity contribution in [2.75, 3.05) is 0 Å². The van der Waals surface area contributed by atoms with E-state index >= 15 is 0 Å². The molecule has 1 aromatic heterocycles. The number of rotatable bonds is 0. The van der Waals surface area contributed by atoms with Gasteiger partial charge in [-0.15, -0.1) is 0 Å². The maximum atomic E-state index is 5.08. The van der Waals surface area contributed by atoms with Crippen molar-refractivity contribution < 1.29 is 20.1 Å². The molecule has 7 heavy (non-hydrogen) atoms. The Morgan fingerprint density at radius 3 is 2.43 bits per heavy atom. The number of aromatic nitrogens is 2. The summed E-state index contributed by atoms with van der Waals surface area (Å²) in [6.07, 6.45) is 3.29. The molecular formula is C3H3BIrN2+5. The first-order valence-electron chi connectivity index (χ1n) is 1.64. The molecule has 0 radical (unpaired) electrons. The second-order valence-corrected chi connectivity index (χ2v) is 0.986. The summed E-state index contributed by atoms with van der Waals surface area (Å²) in [5.74, 6) is 0. The first-order chi connectivity index (χ1) is 2.89. The normalized spacial score (nSPS) is 7.71. The zero-order valence-electron chi connectivity index (χ0n) is 3.54. The molecule has 0 N–H and O–H groups in total. The van der Waals surface area contributed by atoms with Crippen LogP contribution in [-0.2, 0) is 20.1 Å². The van der Waals surface area contributed by atoms with Crippen molar-refractivity contribution in [3.05, 3.63) is 18.5 Å². The summed E-state index contributed by atoms with van der Waals surface area (Å²) in [5, 5.41) is 3.61. The van der Waals surface area contributed by atoms with Gasteiger partial charge in [0.05, 0.1) is 0 Å². The van der Waals surface area contributed by atoms with Crippen LogP contribution in [0, 0.1) is 0 Å². The molecule has 32 valence electrons. The summed E-state index contributed by atoms with van der Waals surface area (Å²) in [7, 11) is 5.08. The van der Waals surface area contributed by atoms with E-state index in [0.29, 0.717) is 0 Å². The van der Waals surface area contributed by atoms with E-state index in [1.165, 1.54) is 4.59 Å². The minimum absolute atomic E-state index is 0. The van der Waals surface area contributed by atoms with Crippen LogP contribution in [0.1, 0.15) is 0 Å². The maximum Gasteiger partial charge on any atom is 3.00 e. The van der Waals surface area contributed by atoms with Crippen molar-refractivity contribution in [3.63, 3.8) is 0 Å². The van der Waals surface area contributed by atoms with Crippen LogP contribution in [0.3, 0.4) is 0 Å². The second-order valence-electron chi connectivity index (χ2n) is 0.986. The summed E-state index contributed by atoms with van der Waals surface area (Å²) in [5.41, 5.74) is 0. The average molecular weight is 270 g/mol. The molecule has 0 saturated heterocycles. The number of hydrogen-bond donors (Lipinski definition) is 0. The van der Waals surface area contributed by atoms with E-state index in [2.05, 4.69) is 5.10 Å². The summed E-state index contributed by atoms with van der Waals surface area (Å²) in [6, 6.07) is 1.76. The van der Waals surface area contributed by atoms with E-state index in [4.69, 9.17) is 7.98 Å². The van der Waals surface area contributed by atoms with Crippen LogP contribution in [0.15, 0.2) is 18.5 Å². The molecule has 0 fully saturated rings. The molecule has 0 atom stereocenters. The molecule has 1 rings (SSSR count). The smallest absolute Gasteiger partial charge is 3.00 e. The van der Waals surface area contributed by atoms with E-state index in [-0.39, 0.29) is 20.1 Å². The Morgan fingerprint density at radius 2 is 2.29 bits per heavy atom. The summed E-state index contributed by atoms with van der Waals surface area (Å²) < 4.78 is 1.25. The molecule has 0 aromatic carbocycles. The third-order valence-corrected chi connectivity index (χ3v) is 0.525. The second kappa shape index (κ2) is 3.00. The Bertz CT molecular complexity index is 116. The summed E-state index contributed by atoms with van der Waals surface area (Å²) in [4.78, 5) is 0. The fourth-order valence-corrected chi connectivity index (χ4v) is 0.281. The van der Waals surface area contributed by atoms with Gasteiger partial charge in [-0.3, -0.25) is 0 Å². The maximum absolute atomic E-state index is 5.08. The molecule has 1 aromatic rings. The zero-order valence-corrected chi connectivity index (χ0v) is 5.93. The van der Waals surface area contributed by atoms with Gasteiger partial charge in [0, 0.05) is 0 Å². The predicted octanol–water partition coefficient (Wildman–Crippen LogP) is -0.188. The van der Waals surface area contributed by atoms with Gasteiger partial charge in [-0.1, -0.05) is 0 Å². The Labute approximate surface area is 56.7 Å². The van der Waals surface area contributed by atoms with Crippen LogP contribution in [0.4, 0.5) is 0 Å². The van der Waals surface area contributed by atoms with Crippen molar-refractivity contribution in [1.82, 2.24) is 9.69 Å². The van der Waals surface area contributed by atoms with Crippen molar-refractivity contribution in [2.24, 2.45) is 0 Å². The van der Waals surface area contributed by atoms with Gasteiger partial charge in [0.15, 0.2) is 0 Å². The quantitative estimate of drug-likeness (QED) is 0.598. The minimum Gasteiger partial charge on any atom is 3.00 e. The largest absolute Gasteiger partial charge is 3.00 e. The molecule has 0 bridgehead atoms. The molecule has 0 unspecified atom stereocenters. The fourth-order valence-electron chi connectivity index (χ4n) is 0.281. The van der Waals surface area contributed by atoms with Crippen LogP contribution < -0.4 is 0 Å². The van der Waals surface area contributed by atoms with Gasteiger partial charge in [0.25, 0.3) is 0 Å². The number of nitrogens with zero attached hydrogens (tertiary/aromatic N) is 2. The van der Waals surface area contributed by atoms with Crippen LogP contribution in [0.2, 0.25) is 0 Å². The fraction of sp³-hybridized carbons (Fsp3) is 0. The van der Waals surface area contributed by atoms with Crippen LogP contribution in [0.25, 0.3) is 0 Å². The van der Waals surface area contributed by atoms with Crippen LogP contribution in [0.5, 0.6) is 0 Å². The Morgan fingerprint density at radius 1 is 1.57 bits per heavy atom. The third-order valence-electron chi connectivity index (χ3n) is 0.525. The van der Waals surface area contributed by atoms with Gasteiger partial charge in [0.1, 0.15) is 0 Å². The van der Waals surface area contributed by atoms with E-state index in [1.54, 1.807) is 18.5 Å². The molecular weight excluding hydrogens is 267 g/mol. The molecule has 0 aliphatic heterocycles. The predicted molar refractivity (Wildman–Crippen MR) is 23.4 cm³/mol. The monoisotopic (exact) mass is 271 g/mol.